The van der Waals surface area contributed by atoms with Gasteiger partial charge in [-0.05, 0) is 18.1 Å². The molecule has 2 aliphatic heterocycles. The van der Waals surface area contributed by atoms with E-state index in [0.717, 1.165) is 45.8 Å². The highest BCUT2D eigenvalue weighted by Crippen LogP contribution is 2.27. The van der Waals surface area contributed by atoms with Crippen LogP contribution in [0.25, 0.3) is 0 Å². The molecule has 25 heavy (non-hydrogen) atoms. The monoisotopic (exact) mass is 349 g/mol. The fourth-order valence-electron chi connectivity index (χ4n) is 3.70. The third kappa shape index (κ3) is 4.22. The molecule has 0 saturated carbocycles. The number of nitrogens with zero attached hydrogens (tertiary/aromatic N) is 2. The molecule has 0 radical (unpaired) electrons. The first-order chi connectivity index (χ1) is 12.1. The van der Waals surface area contributed by atoms with E-state index in [0.29, 0.717) is 30.0 Å². The zero-order chi connectivity index (χ0) is 17.8. The molecular weight excluding hydrogens is 322 g/mol. The van der Waals surface area contributed by atoms with Gasteiger partial charge in [0.05, 0.1) is 19.8 Å². The first kappa shape index (κ1) is 17.9. The van der Waals surface area contributed by atoms with Gasteiger partial charge < -0.3 is 19.4 Å². The van der Waals surface area contributed by atoms with Crippen molar-refractivity contribution in [1.82, 2.24) is 15.1 Å². The number of carbonyl (C=O) groups excluding carboxylic acids is 2. The van der Waals surface area contributed by atoms with E-state index in [-0.39, 0.29) is 11.8 Å². The van der Waals surface area contributed by atoms with Crippen LogP contribution in [0, 0.1) is 5.92 Å². The van der Waals surface area contributed by atoms with E-state index in [2.05, 4.69) is 17.1 Å². The second-order valence-corrected chi connectivity index (χ2v) is 6.77. The van der Waals surface area contributed by atoms with E-state index in [1.165, 1.54) is 6.92 Å². The standard InChI is InChI=1S/C18H27N3O4/c1-3-14-11-21(12-16(14)20-6-8-24-9-7-20)18(23)17-5-4-15(25-17)10-19-13(2)22/h4-5,14,16H,3,6-12H2,1-2H3,(H,19,22)/t14-,16+/m0/s1. The molecule has 2 fully saturated rings. The first-order valence-corrected chi connectivity index (χ1v) is 9.02. The van der Waals surface area contributed by atoms with Gasteiger partial charge >= 0.3 is 0 Å². The zero-order valence-corrected chi connectivity index (χ0v) is 15.0. The molecule has 7 heteroatoms. The summed E-state index contributed by atoms with van der Waals surface area (Å²) < 4.78 is 11.1. The summed E-state index contributed by atoms with van der Waals surface area (Å²) in [7, 11) is 0. The van der Waals surface area contributed by atoms with Crippen molar-refractivity contribution in [3.05, 3.63) is 23.7 Å². The molecule has 0 unspecified atom stereocenters. The van der Waals surface area contributed by atoms with Gasteiger partial charge in [-0.1, -0.05) is 13.3 Å². The molecule has 1 aromatic heterocycles. The average molecular weight is 349 g/mol. The van der Waals surface area contributed by atoms with Crippen LogP contribution in [0.2, 0.25) is 0 Å². The number of ether oxygens (including phenoxy) is 1. The van der Waals surface area contributed by atoms with Gasteiger partial charge in [0.1, 0.15) is 5.76 Å². The van der Waals surface area contributed by atoms with Crippen molar-refractivity contribution in [2.45, 2.75) is 32.9 Å². The van der Waals surface area contributed by atoms with Crippen molar-refractivity contribution in [3.8, 4) is 0 Å². The Hall–Kier alpha value is -1.86. The lowest BCUT2D eigenvalue weighted by atomic mass is 9.99. The highest BCUT2D eigenvalue weighted by molar-refractivity contribution is 5.91. The smallest absolute Gasteiger partial charge is 0.289 e. The Kier molecular flexibility index (Phi) is 5.75. The lowest BCUT2D eigenvalue weighted by Gasteiger charge is -2.34. The molecule has 1 N–H and O–H groups in total. The normalized spacial score (nSPS) is 24.5. The number of hydrogen-bond donors (Lipinski definition) is 1. The fourth-order valence-corrected chi connectivity index (χ4v) is 3.70. The maximum atomic E-state index is 12.8. The Morgan fingerprint density at radius 2 is 2.00 bits per heavy atom. The van der Waals surface area contributed by atoms with Crippen LogP contribution < -0.4 is 5.32 Å². The molecular formula is C18H27N3O4. The van der Waals surface area contributed by atoms with Crippen molar-refractivity contribution in [2.24, 2.45) is 5.92 Å². The molecule has 2 aliphatic rings. The molecule has 2 atom stereocenters. The van der Waals surface area contributed by atoms with Gasteiger partial charge in [-0.15, -0.1) is 0 Å². The summed E-state index contributed by atoms with van der Waals surface area (Å²) in [6.07, 6.45) is 1.05. The lowest BCUT2D eigenvalue weighted by molar-refractivity contribution is -0.119. The number of rotatable bonds is 5. The van der Waals surface area contributed by atoms with Crippen LogP contribution in [0.3, 0.4) is 0 Å². The molecule has 138 valence electrons. The average Bonchev–Trinajstić information content (AvgIpc) is 3.27. The van der Waals surface area contributed by atoms with E-state index < -0.39 is 0 Å². The topological polar surface area (TPSA) is 75.0 Å². The Bertz CT molecular complexity index is 609. The molecule has 1 aromatic rings. The Morgan fingerprint density at radius 1 is 1.24 bits per heavy atom. The summed E-state index contributed by atoms with van der Waals surface area (Å²) in [5.41, 5.74) is 0. The van der Waals surface area contributed by atoms with Crippen LogP contribution in [0.4, 0.5) is 0 Å². The zero-order valence-electron chi connectivity index (χ0n) is 15.0. The van der Waals surface area contributed by atoms with Gasteiger partial charge in [-0.3, -0.25) is 14.5 Å². The number of carbonyl (C=O) groups is 2. The van der Waals surface area contributed by atoms with E-state index >= 15 is 0 Å². The summed E-state index contributed by atoms with van der Waals surface area (Å²) in [6, 6.07) is 3.84. The Balaban J connectivity index is 1.63. The van der Waals surface area contributed by atoms with Gasteiger partial charge in [0.15, 0.2) is 5.76 Å². The number of morpholine rings is 1. The van der Waals surface area contributed by atoms with Crippen LogP contribution in [0.5, 0.6) is 0 Å². The predicted molar refractivity (Wildman–Crippen MR) is 92.1 cm³/mol. The van der Waals surface area contributed by atoms with Crippen LogP contribution in [0.15, 0.2) is 16.5 Å². The number of hydrogen-bond acceptors (Lipinski definition) is 5. The van der Waals surface area contributed by atoms with Gasteiger partial charge in [0.2, 0.25) is 5.91 Å². The van der Waals surface area contributed by atoms with Crippen LogP contribution in [-0.2, 0) is 16.1 Å². The van der Waals surface area contributed by atoms with Crippen molar-refractivity contribution in [1.29, 1.82) is 0 Å². The highest BCUT2D eigenvalue weighted by Gasteiger charge is 2.38. The maximum absolute atomic E-state index is 12.8. The second kappa shape index (κ2) is 8.01. The van der Waals surface area contributed by atoms with Crippen molar-refractivity contribution in [2.75, 3.05) is 39.4 Å². The molecule has 0 bridgehead atoms. The minimum Gasteiger partial charge on any atom is -0.454 e. The third-order valence-electron chi connectivity index (χ3n) is 5.12. The summed E-state index contributed by atoms with van der Waals surface area (Å²) >= 11 is 0. The first-order valence-electron chi connectivity index (χ1n) is 9.02. The minimum atomic E-state index is -0.122. The minimum absolute atomic E-state index is 0.0664. The predicted octanol–water partition coefficient (Wildman–Crippen LogP) is 1.10. The van der Waals surface area contributed by atoms with Gasteiger partial charge in [-0.25, -0.2) is 0 Å². The van der Waals surface area contributed by atoms with Crippen LogP contribution in [0.1, 0.15) is 36.6 Å². The SMILES string of the molecule is CC[C@H]1CN(C(=O)c2ccc(CNC(C)=O)o2)C[C@H]1N1CCOCC1. The fraction of sp³-hybridized carbons (Fsp3) is 0.667. The second-order valence-electron chi connectivity index (χ2n) is 6.77. The summed E-state index contributed by atoms with van der Waals surface area (Å²) in [4.78, 5) is 28.1. The number of furan rings is 1. The number of nitrogens with one attached hydrogen (secondary N) is 1. The Morgan fingerprint density at radius 3 is 2.68 bits per heavy atom. The quantitative estimate of drug-likeness (QED) is 0.862. The molecule has 2 saturated heterocycles. The molecule has 0 spiro atoms. The highest BCUT2D eigenvalue weighted by atomic mass is 16.5. The molecule has 3 heterocycles. The largest absolute Gasteiger partial charge is 0.454 e. The van der Waals surface area contributed by atoms with Crippen molar-refractivity contribution < 1.29 is 18.7 Å². The number of likely N-dealkylation sites (tertiary alicyclic amines) is 1. The van der Waals surface area contributed by atoms with Gasteiger partial charge in [0, 0.05) is 39.1 Å². The summed E-state index contributed by atoms with van der Waals surface area (Å²) in [5.74, 6) is 1.23. The molecule has 3 rings (SSSR count). The van der Waals surface area contributed by atoms with E-state index in [9.17, 15) is 9.59 Å². The maximum Gasteiger partial charge on any atom is 0.289 e. The molecule has 2 amide bonds. The molecule has 7 nitrogen and oxygen atoms in total. The van der Waals surface area contributed by atoms with Crippen molar-refractivity contribution >= 4 is 11.8 Å². The molecule has 0 aliphatic carbocycles. The summed E-state index contributed by atoms with van der Waals surface area (Å²) in [5, 5.41) is 2.67. The lowest BCUT2D eigenvalue weighted by Crippen LogP contribution is -2.47. The van der Waals surface area contributed by atoms with E-state index in [1.54, 1.807) is 12.1 Å². The van der Waals surface area contributed by atoms with Crippen LogP contribution >= 0.6 is 0 Å². The van der Waals surface area contributed by atoms with Crippen molar-refractivity contribution in [3.63, 3.8) is 0 Å². The summed E-state index contributed by atoms with van der Waals surface area (Å²) in [6.45, 7) is 8.85. The molecule has 0 aromatic carbocycles. The van der Waals surface area contributed by atoms with E-state index in [1.807, 2.05) is 4.90 Å². The van der Waals surface area contributed by atoms with Gasteiger partial charge in [-0.2, -0.15) is 0 Å². The van der Waals surface area contributed by atoms with Crippen LogP contribution in [-0.4, -0.2) is 67.0 Å². The Labute approximate surface area is 148 Å². The van der Waals surface area contributed by atoms with Gasteiger partial charge in [0.25, 0.3) is 5.91 Å². The third-order valence-corrected chi connectivity index (χ3v) is 5.12. The van der Waals surface area contributed by atoms with E-state index in [4.69, 9.17) is 9.15 Å². The number of amides is 2.